The van der Waals surface area contributed by atoms with Crippen molar-refractivity contribution in [2.75, 3.05) is 26.2 Å². The van der Waals surface area contributed by atoms with E-state index in [1.165, 1.54) is 6.08 Å². The van der Waals surface area contributed by atoms with Crippen LogP contribution in [0.1, 0.15) is 19.4 Å². The number of rotatable bonds is 7. The van der Waals surface area contributed by atoms with Gasteiger partial charge in [0.05, 0.1) is 0 Å². The number of nitrogens with zero attached hydrogens (tertiary/aromatic N) is 1. The van der Waals surface area contributed by atoms with E-state index in [2.05, 4.69) is 24.1 Å². The van der Waals surface area contributed by atoms with E-state index in [1.54, 1.807) is 30.3 Å². The Hall–Kier alpha value is -1.81. The van der Waals surface area contributed by atoms with Crippen molar-refractivity contribution in [2.45, 2.75) is 13.8 Å². The number of phenols is 1. The molecular formula is C15H22N2O2. The minimum Gasteiger partial charge on any atom is -0.508 e. The van der Waals surface area contributed by atoms with E-state index < -0.39 is 0 Å². The number of aromatic hydroxyl groups is 1. The van der Waals surface area contributed by atoms with Crippen molar-refractivity contribution >= 4 is 12.0 Å². The summed E-state index contributed by atoms with van der Waals surface area (Å²) in [4.78, 5) is 13.8. The predicted molar refractivity (Wildman–Crippen MR) is 77.9 cm³/mol. The lowest BCUT2D eigenvalue weighted by Gasteiger charge is -2.17. The molecule has 0 atom stereocenters. The van der Waals surface area contributed by atoms with Gasteiger partial charge in [0.2, 0.25) is 5.91 Å². The zero-order chi connectivity index (χ0) is 14.1. The second-order valence-corrected chi connectivity index (χ2v) is 4.24. The molecule has 104 valence electrons. The maximum absolute atomic E-state index is 11.6. The van der Waals surface area contributed by atoms with Gasteiger partial charge in [0.15, 0.2) is 0 Å². The van der Waals surface area contributed by atoms with Crippen LogP contribution in [0.5, 0.6) is 5.75 Å². The van der Waals surface area contributed by atoms with E-state index in [1.807, 2.05) is 0 Å². The molecule has 0 aliphatic rings. The van der Waals surface area contributed by atoms with Crippen molar-refractivity contribution in [1.82, 2.24) is 10.2 Å². The van der Waals surface area contributed by atoms with E-state index >= 15 is 0 Å². The van der Waals surface area contributed by atoms with Gasteiger partial charge in [-0.3, -0.25) is 4.79 Å². The lowest BCUT2D eigenvalue weighted by Crippen LogP contribution is -2.34. The quantitative estimate of drug-likeness (QED) is 0.738. The summed E-state index contributed by atoms with van der Waals surface area (Å²) >= 11 is 0. The third kappa shape index (κ3) is 6.06. The maximum atomic E-state index is 11.6. The first-order valence-electron chi connectivity index (χ1n) is 6.63. The highest BCUT2D eigenvalue weighted by molar-refractivity contribution is 5.91. The van der Waals surface area contributed by atoms with E-state index in [0.717, 1.165) is 25.2 Å². The van der Waals surface area contributed by atoms with Gasteiger partial charge in [-0.05, 0) is 36.9 Å². The van der Waals surface area contributed by atoms with Crippen LogP contribution in [0, 0.1) is 0 Å². The molecule has 0 fully saturated rings. The molecule has 4 nitrogen and oxygen atoms in total. The van der Waals surface area contributed by atoms with E-state index in [9.17, 15) is 4.79 Å². The molecule has 0 bridgehead atoms. The molecule has 0 aliphatic carbocycles. The van der Waals surface area contributed by atoms with E-state index in [0.29, 0.717) is 6.54 Å². The highest BCUT2D eigenvalue weighted by atomic mass is 16.3. The average Bonchev–Trinajstić information content (AvgIpc) is 2.43. The standard InChI is InChI=1S/C15H22N2O2/c1-3-17(4-2)12-11-16-15(19)10-7-13-5-8-14(18)9-6-13/h5-10,18H,3-4,11-12H2,1-2H3,(H,16,19)/b10-7+. The van der Waals surface area contributed by atoms with Gasteiger partial charge in [0, 0.05) is 19.2 Å². The fraction of sp³-hybridized carbons (Fsp3) is 0.400. The third-order valence-electron chi connectivity index (χ3n) is 2.94. The highest BCUT2D eigenvalue weighted by Gasteiger charge is 1.99. The molecule has 0 radical (unpaired) electrons. The monoisotopic (exact) mass is 262 g/mol. The van der Waals surface area contributed by atoms with Gasteiger partial charge in [0.25, 0.3) is 0 Å². The van der Waals surface area contributed by atoms with Gasteiger partial charge < -0.3 is 15.3 Å². The van der Waals surface area contributed by atoms with Crippen molar-refractivity contribution in [2.24, 2.45) is 0 Å². The smallest absolute Gasteiger partial charge is 0.244 e. The van der Waals surface area contributed by atoms with Gasteiger partial charge in [-0.15, -0.1) is 0 Å². The summed E-state index contributed by atoms with van der Waals surface area (Å²) in [7, 11) is 0. The Morgan fingerprint density at radius 2 is 1.89 bits per heavy atom. The summed E-state index contributed by atoms with van der Waals surface area (Å²) in [6.07, 6.45) is 3.24. The Morgan fingerprint density at radius 3 is 2.47 bits per heavy atom. The SMILES string of the molecule is CCN(CC)CCNC(=O)/C=C/c1ccc(O)cc1. The van der Waals surface area contributed by atoms with Gasteiger partial charge in [-0.2, -0.15) is 0 Å². The average molecular weight is 262 g/mol. The van der Waals surface area contributed by atoms with Crippen LogP contribution in [0.4, 0.5) is 0 Å². The van der Waals surface area contributed by atoms with Crippen LogP contribution in [0.2, 0.25) is 0 Å². The molecule has 0 heterocycles. The van der Waals surface area contributed by atoms with Gasteiger partial charge >= 0.3 is 0 Å². The molecular weight excluding hydrogens is 240 g/mol. The third-order valence-corrected chi connectivity index (χ3v) is 2.94. The largest absolute Gasteiger partial charge is 0.508 e. The summed E-state index contributed by atoms with van der Waals surface area (Å²) in [6, 6.07) is 6.71. The Bertz CT molecular complexity index is 409. The Morgan fingerprint density at radius 1 is 1.26 bits per heavy atom. The topological polar surface area (TPSA) is 52.6 Å². The molecule has 19 heavy (non-hydrogen) atoms. The van der Waals surface area contributed by atoms with E-state index in [4.69, 9.17) is 5.11 Å². The molecule has 4 heteroatoms. The van der Waals surface area contributed by atoms with Crippen LogP contribution >= 0.6 is 0 Å². The lowest BCUT2D eigenvalue weighted by molar-refractivity contribution is -0.116. The number of likely N-dealkylation sites (N-methyl/N-ethyl adjacent to an activating group) is 1. The fourth-order valence-corrected chi connectivity index (χ4v) is 1.69. The van der Waals surface area contributed by atoms with Crippen LogP contribution in [0.25, 0.3) is 6.08 Å². The second kappa shape index (κ2) is 8.32. The zero-order valence-corrected chi connectivity index (χ0v) is 11.6. The van der Waals surface area contributed by atoms with Crippen LogP contribution in [-0.4, -0.2) is 42.1 Å². The molecule has 0 aliphatic heterocycles. The number of carbonyl (C=O) groups excluding carboxylic acids is 1. The number of amides is 1. The van der Waals surface area contributed by atoms with Crippen molar-refractivity contribution in [3.8, 4) is 5.75 Å². The number of hydrogen-bond donors (Lipinski definition) is 2. The molecule has 1 rings (SSSR count). The minimum absolute atomic E-state index is 0.0970. The first-order valence-corrected chi connectivity index (χ1v) is 6.63. The Labute approximate surface area is 114 Å². The molecule has 0 spiro atoms. The van der Waals surface area contributed by atoms with Crippen LogP contribution in [0.3, 0.4) is 0 Å². The molecule has 0 saturated carbocycles. The Kier molecular flexibility index (Phi) is 6.68. The first-order chi connectivity index (χ1) is 9.15. The van der Waals surface area contributed by atoms with Crippen molar-refractivity contribution < 1.29 is 9.90 Å². The lowest BCUT2D eigenvalue weighted by atomic mass is 10.2. The molecule has 1 aromatic carbocycles. The van der Waals surface area contributed by atoms with Crippen molar-refractivity contribution in [3.63, 3.8) is 0 Å². The number of benzene rings is 1. The summed E-state index contributed by atoms with van der Waals surface area (Å²) in [5.74, 6) is 0.126. The normalized spacial score (nSPS) is 11.1. The zero-order valence-electron chi connectivity index (χ0n) is 11.6. The number of phenolic OH excluding ortho intramolecular Hbond substituents is 1. The summed E-state index contributed by atoms with van der Waals surface area (Å²) < 4.78 is 0. The van der Waals surface area contributed by atoms with Gasteiger partial charge in [0.1, 0.15) is 5.75 Å². The molecule has 0 aromatic heterocycles. The van der Waals surface area contributed by atoms with Crippen LogP contribution in [0.15, 0.2) is 30.3 Å². The minimum atomic E-state index is -0.0970. The highest BCUT2D eigenvalue weighted by Crippen LogP contribution is 2.10. The molecule has 1 aromatic rings. The maximum Gasteiger partial charge on any atom is 0.244 e. The van der Waals surface area contributed by atoms with Crippen LogP contribution in [-0.2, 0) is 4.79 Å². The molecule has 0 saturated heterocycles. The Balaban J connectivity index is 2.32. The van der Waals surface area contributed by atoms with Gasteiger partial charge in [-0.25, -0.2) is 0 Å². The second-order valence-electron chi connectivity index (χ2n) is 4.24. The molecule has 2 N–H and O–H groups in total. The fourth-order valence-electron chi connectivity index (χ4n) is 1.69. The summed E-state index contributed by atoms with van der Waals surface area (Å²) in [5.41, 5.74) is 0.886. The number of carbonyl (C=O) groups is 1. The predicted octanol–water partition coefficient (Wildman–Crippen LogP) is 1.86. The summed E-state index contributed by atoms with van der Waals surface area (Å²) in [6.45, 7) is 7.73. The molecule has 1 amide bonds. The first kappa shape index (κ1) is 15.2. The van der Waals surface area contributed by atoms with Crippen molar-refractivity contribution in [1.29, 1.82) is 0 Å². The number of hydrogen-bond acceptors (Lipinski definition) is 3. The van der Waals surface area contributed by atoms with Crippen molar-refractivity contribution in [3.05, 3.63) is 35.9 Å². The molecule has 0 unspecified atom stereocenters. The van der Waals surface area contributed by atoms with E-state index in [-0.39, 0.29) is 11.7 Å². The van der Waals surface area contributed by atoms with Crippen LogP contribution < -0.4 is 5.32 Å². The summed E-state index contributed by atoms with van der Waals surface area (Å²) in [5, 5.41) is 12.0. The van der Waals surface area contributed by atoms with Gasteiger partial charge in [-0.1, -0.05) is 26.0 Å². The number of nitrogens with one attached hydrogen (secondary N) is 1.